The zero-order valence-electron chi connectivity index (χ0n) is 11.5. The second-order valence-electron chi connectivity index (χ2n) is 6.26. The molecule has 0 aromatic carbocycles. The van der Waals surface area contributed by atoms with E-state index in [2.05, 4.69) is 0 Å². The Kier molecular flexibility index (Phi) is 4.22. The van der Waals surface area contributed by atoms with E-state index in [1.807, 2.05) is 0 Å². The molecule has 0 bridgehead atoms. The summed E-state index contributed by atoms with van der Waals surface area (Å²) in [7, 11) is 0. The molecular formula is C14H18ClF3O2. The quantitative estimate of drug-likeness (QED) is 0.743. The van der Waals surface area contributed by atoms with Gasteiger partial charge < -0.3 is 4.74 Å². The van der Waals surface area contributed by atoms with E-state index >= 15 is 0 Å². The number of Topliss-reactive ketones (excluding diaryl/α,β-unsaturated/α-hetero) is 1. The Morgan fingerprint density at radius 2 is 2.00 bits per heavy atom. The number of hydrogen-bond donors (Lipinski definition) is 0. The highest BCUT2D eigenvalue weighted by Crippen LogP contribution is 2.60. The Bertz CT molecular complexity index is 425. The fraction of sp³-hybridized carbons (Fsp3) is 0.786. The van der Waals surface area contributed by atoms with Crippen molar-refractivity contribution in [3.05, 3.63) is 11.1 Å². The standard InChI is InChI=1S/C14H18ClF3O2/c1-13(2)9(5-11(15)14(16,17)18)12(13)10(19)7-20-6-8-3-4-8/h5,8-9,12H,3-4,6-7H2,1-2H3/b11-5+/t9-,12-/m1/s1. The Labute approximate surface area is 121 Å². The lowest BCUT2D eigenvalue weighted by molar-refractivity contribution is -0.125. The zero-order chi connectivity index (χ0) is 15.1. The minimum absolute atomic E-state index is 0.0153. The third kappa shape index (κ3) is 3.55. The molecular weight excluding hydrogens is 293 g/mol. The normalized spacial score (nSPS) is 29.4. The predicted molar refractivity (Wildman–Crippen MR) is 69.3 cm³/mol. The van der Waals surface area contributed by atoms with Crippen molar-refractivity contribution in [2.75, 3.05) is 13.2 Å². The summed E-state index contributed by atoms with van der Waals surface area (Å²) in [6, 6.07) is 0. The lowest BCUT2D eigenvalue weighted by Crippen LogP contribution is -2.15. The van der Waals surface area contributed by atoms with Gasteiger partial charge in [-0.1, -0.05) is 31.5 Å². The molecule has 0 unspecified atom stereocenters. The molecule has 2 rings (SSSR count). The second kappa shape index (κ2) is 5.34. The molecule has 2 aliphatic carbocycles. The van der Waals surface area contributed by atoms with Crippen LogP contribution in [0.4, 0.5) is 13.2 Å². The predicted octanol–water partition coefficient (Wildman–Crippen LogP) is 3.94. The Hall–Kier alpha value is -0.550. The van der Waals surface area contributed by atoms with Crippen molar-refractivity contribution in [2.45, 2.75) is 32.9 Å². The van der Waals surface area contributed by atoms with E-state index < -0.39 is 28.5 Å². The van der Waals surface area contributed by atoms with Gasteiger partial charge >= 0.3 is 6.18 Å². The average molecular weight is 311 g/mol. The van der Waals surface area contributed by atoms with Crippen LogP contribution in [0.15, 0.2) is 11.1 Å². The van der Waals surface area contributed by atoms with Crippen LogP contribution in [0, 0.1) is 23.2 Å². The highest BCUT2D eigenvalue weighted by Gasteiger charge is 2.60. The maximum Gasteiger partial charge on any atom is 0.426 e. The fourth-order valence-electron chi connectivity index (χ4n) is 2.56. The van der Waals surface area contributed by atoms with Gasteiger partial charge in [0, 0.05) is 12.5 Å². The van der Waals surface area contributed by atoms with E-state index in [9.17, 15) is 18.0 Å². The second-order valence-corrected chi connectivity index (χ2v) is 6.67. The molecule has 6 heteroatoms. The highest BCUT2D eigenvalue weighted by atomic mass is 35.5. The molecule has 2 fully saturated rings. The van der Waals surface area contributed by atoms with E-state index in [-0.39, 0.29) is 12.4 Å². The Morgan fingerprint density at radius 3 is 2.50 bits per heavy atom. The first-order valence-electron chi connectivity index (χ1n) is 6.69. The monoisotopic (exact) mass is 310 g/mol. The molecule has 0 aliphatic heterocycles. The van der Waals surface area contributed by atoms with Gasteiger partial charge in [-0.2, -0.15) is 13.2 Å². The van der Waals surface area contributed by atoms with Gasteiger partial charge in [-0.15, -0.1) is 0 Å². The average Bonchev–Trinajstić information content (AvgIpc) is 3.17. The van der Waals surface area contributed by atoms with Crippen LogP contribution in [0.2, 0.25) is 0 Å². The van der Waals surface area contributed by atoms with E-state index in [1.54, 1.807) is 13.8 Å². The van der Waals surface area contributed by atoms with Crippen LogP contribution in [0.5, 0.6) is 0 Å². The van der Waals surface area contributed by atoms with Gasteiger partial charge in [0.1, 0.15) is 11.6 Å². The lowest BCUT2D eigenvalue weighted by atomic mass is 10.1. The molecule has 2 saturated carbocycles. The molecule has 20 heavy (non-hydrogen) atoms. The minimum Gasteiger partial charge on any atom is -0.373 e. The summed E-state index contributed by atoms with van der Waals surface area (Å²) in [6.07, 6.45) is -1.31. The number of carbonyl (C=O) groups is 1. The van der Waals surface area contributed by atoms with Crippen LogP contribution >= 0.6 is 11.6 Å². The number of allylic oxidation sites excluding steroid dienone is 2. The van der Waals surface area contributed by atoms with Crippen LogP contribution < -0.4 is 0 Å². The minimum atomic E-state index is -4.55. The van der Waals surface area contributed by atoms with Crippen molar-refractivity contribution in [3.8, 4) is 0 Å². The molecule has 0 N–H and O–H groups in total. The SMILES string of the molecule is CC1(C)[C@H](/C=C(/Cl)C(F)(F)F)[C@@H]1C(=O)COCC1CC1. The van der Waals surface area contributed by atoms with Gasteiger partial charge in [0.15, 0.2) is 5.78 Å². The summed E-state index contributed by atoms with van der Waals surface area (Å²) in [4.78, 5) is 12.0. The topological polar surface area (TPSA) is 26.3 Å². The van der Waals surface area contributed by atoms with Gasteiger partial charge in [-0.3, -0.25) is 4.79 Å². The number of halogens is 4. The Morgan fingerprint density at radius 1 is 1.40 bits per heavy atom. The van der Waals surface area contributed by atoms with Gasteiger partial charge in [0.2, 0.25) is 0 Å². The lowest BCUT2D eigenvalue weighted by Gasteiger charge is -2.04. The van der Waals surface area contributed by atoms with E-state index in [1.165, 1.54) is 0 Å². The molecule has 0 spiro atoms. The Balaban J connectivity index is 1.89. The van der Waals surface area contributed by atoms with Crippen molar-refractivity contribution >= 4 is 17.4 Å². The van der Waals surface area contributed by atoms with Gasteiger partial charge in [0.25, 0.3) is 0 Å². The van der Waals surface area contributed by atoms with Crippen molar-refractivity contribution in [1.82, 2.24) is 0 Å². The van der Waals surface area contributed by atoms with Crippen LogP contribution in [0.1, 0.15) is 26.7 Å². The third-order valence-electron chi connectivity index (χ3n) is 4.15. The maximum absolute atomic E-state index is 12.4. The number of alkyl halides is 3. The smallest absolute Gasteiger partial charge is 0.373 e. The number of ether oxygens (including phenoxy) is 1. The number of ketones is 1. The summed E-state index contributed by atoms with van der Waals surface area (Å²) < 4.78 is 42.5. The van der Waals surface area contributed by atoms with Crippen molar-refractivity contribution in [1.29, 1.82) is 0 Å². The number of rotatable bonds is 6. The molecule has 0 saturated heterocycles. The molecule has 0 amide bonds. The van der Waals surface area contributed by atoms with Crippen molar-refractivity contribution in [3.63, 3.8) is 0 Å². The summed E-state index contributed by atoms with van der Waals surface area (Å²) in [5.74, 6) is -0.472. The van der Waals surface area contributed by atoms with Crippen LogP contribution in [0.3, 0.4) is 0 Å². The molecule has 0 aromatic heterocycles. The first-order valence-corrected chi connectivity index (χ1v) is 7.07. The summed E-state index contributed by atoms with van der Waals surface area (Å²) in [5.41, 5.74) is -0.481. The molecule has 0 aromatic rings. The molecule has 114 valence electrons. The highest BCUT2D eigenvalue weighted by molar-refractivity contribution is 6.30. The van der Waals surface area contributed by atoms with Crippen molar-refractivity contribution < 1.29 is 22.7 Å². The zero-order valence-corrected chi connectivity index (χ0v) is 12.2. The fourth-order valence-corrected chi connectivity index (χ4v) is 2.69. The maximum atomic E-state index is 12.4. The first kappa shape index (κ1) is 15.8. The van der Waals surface area contributed by atoms with E-state index in [0.717, 1.165) is 18.9 Å². The molecule has 2 nitrogen and oxygen atoms in total. The summed E-state index contributed by atoms with van der Waals surface area (Å²) in [5, 5.41) is -1.15. The molecule has 2 aliphatic rings. The largest absolute Gasteiger partial charge is 0.426 e. The van der Waals surface area contributed by atoms with Gasteiger partial charge in [0.05, 0.1) is 0 Å². The first-order chi connectivity index (χ1) is 9.14. The molecule has 2 atom stereocenters. The van der Waals surface area contributed by atoms with Gasteiger partial charge in [-0.05, 0) is 30.1 Å². The van der Waals surface area contributed by atoms with Crippen LogP contribution in [0.25, 0.3) is 0 Å². The van der Waals surface area contributed by atoms with Gasteiger partial charge in [-0.25, -0.2) is 0 Å². The van der Waals surface area contributed by atoms with Crippen LogP contribution in [-0.4, -0.2) is 25.2 Å². The van der Waals surface area contributed by atoms with Crippen LogP contribution in [-0.2, 0) is 9.53 Å². The number of carbonyl (C=O) groups excluding carboxylic acids is 1. The summed E-state index contributed by atoms with van der Waals surface area (Å²) in [6.45, 7) is 4.11. The van der Waals surface area contributed by atoms with Crippen molar-refractivity contribution in [2.24, 2.45) is 23.2 Å². The number of hydrogen-bond acceptors (Lipinski definition) is 2. The third-order valence-corrected chi connectivity index (χ3v) is 4.49. The molecule has 0 heterocycles. The van der Waals surface area contributed by atoms with E-state index in [4.69, 9.17) is 16.3 Å². The summed E-state index contributed by atoms with van der Waals surface area (Å²) >= 11 is 5.24. The molecule has 0 radical (unpaired) electrons. The van der Waals surface area contributed by atoms with E-state index in [0.29, 0.717) is 12.5 Å².